The molecule has 1 aromatic heterocycles. The maximum atomic E-state index is 3.42. The van der Waals surface area contributed by atoms with Gasteiger partial charge in [-0.2, -0.15) is 0 Å². The van der Waals surface area contributed by atoms with Crippen LogP contribution < -0.4 is 5.32 Å². The highest BCUT2D eigenvalue weighted by Crippen LogP contribution is 2.24. The molecule has 0 saturated carbocycles. The number of hydrogen-bond acceptors (Lipinski definition) is 2. The molecule has 0 amide bonds. The van der Waals surface area contributed by atoms with Gasteiger partial charge in [0.05, 0.1) is 0 Å². The van der Waals surface area contributed by atoms with Crippen molar-refractivity contribution >= 4 is 10.9 Å². The number of nitrogens with zero attached hydrogens (tertiary/aromatic N) is 2. The molecule has 0 bridgehead atoms. The van der Waals surface area contributed by atoms with Gasteiger partial charge in [0.15, 0.2) is 0 Å². The van der Waals surface area contributed by atoms with Crippen LogP contribution in [-0.2, 0) is 13.0 Å². The summed E-state index contributed by atoms with van der Waals surface area (Å²) >= 11 is 0. The normalized spacial score (nSPS) is 16.7. The molecule has 1 aliphatic rings. The number of hydrogen-bond donors (Lipinski definition) is 1. The highest BCUT2D eigenvalue weighted by atomic mass is 15.2. The van der Waals surface area contributed by atoms with E-state index in [-0.39, 0.29) is 0 Å². The Labute approximate surface area is 127 Å². The van der Waals surface area contributed by atoms with E-state index in [1.165, 1.54) is 48.1 Å². The molecular weight excluding hydrogens is 258 g/mol. The van der Waals surface area contributed by atoms with Gasteiger partial charge in [-0.25, -0.2) is 0 Å². The summed E-state index contributed by atoms with van der Waals surface area (Å²) in [5.74, 6) is 0. The fraction of sp³-hybridized carbons (Fsp3) is 0.556. The summed E-state index contributed by atoms with van der Waals surface area (Å²) in [7, 11) is 0. The van der Waals surface area contributed by atoms with Gasteiger partial charge < -0.3 is 14.8 Å². The van der Waals surface area contributed by atoms with Crippen molar-refractivity contribution in [1.29, 1.82) is 0 Å². The lowest BCUT2D eigenvalue weighted by atomic mass is 10.1. The maximum Gasteiger partial charge on any atom is 0.0485 e. The van der Waals surface area contributed by atoms with Crippen LogP contribution in [0.1, 0.15) is 24.5 Å². The van der Waals surface area contributed by atoms with Gasteiger partial charge in [0.25, 0.3) is 0 Å². The van der Waals surface area contributed by atoms with Crippen molar-refractivity contribution in [2.45, 2.75) is 33.2 Å². The lowest BCUT2D eigenvalue weighted by molar-refractivity contribution is 0.244. The second-order valence-electron chi connectivity index (χ2n) is 6.21. The predicted octanol–water partition coefficient (Wildman–Crippen LogP) is 2.81. The highest BCUT2D eigenvalue weighted by molar-refractivity contribution is 5.84. The molecule has 3 heteroatoms. The topological polar surface area (TPSA) is 20.2 Å². The van der Waals surface area contributed by atoms with Gasteiger partial charge in [0.1, 0.15) is 0 Å². The van der Waals surface area contributed by atoms with Crippen LogP contribution in [0.15, 0.2) is 24.4 Å². The van der Waals surface area contributed by atoms with Crippen molar-refractivity contribution in [3.05, 3.63) is 35.5 Å². The molecule has 1 aliphatic heterocycles. The van der Waals surface area contributed by atoms with E-state index < -0.39 is 0 Å². The van der Waals surface area contributed by atoms with Crippen LogP contribution >= 0.6 is 0 Å². The molecule has 1 aromatic carbocycles. The first-order chi connectivity index (χ1) is 10.3. The molecule has 21 heavy (non-hydrogen) atoms. The smallest absolute Gasteiger partial charge is 0.0485 e. The van der Waals surface area contributed by atoms with Crippen molar-refractivity contribution in [2.24, 2.45) is 0 Å². The van der Waals surface area contributed by atoms with Crippen LogP contribution in [0.4, 0.5) is 0 Å². The Morgan fingerprint density at radius 3 is 2.71 bits per heavy atom. The zero-order valence-electron chi connectivity index (χ0n) is 13.4. The summed E-state index contributed by atoms with van der Waals surface area (Å²) < 4.78 is 2.44. The van der Waals surface area contributed by atoms with Crippen LogP contribution in [0.3, 0.4) is 0 Å². The van der Waals surface area contributed by atoms with Crippen molar-refractivity contribution in [3.8, 4) is 0 Å². The number of rotatable bonds is 5. The molecule has 0 aliphatic carbocycles. The first-order valence-electron chi connectivity index (χ1n) is 8.29. The minimum atomic E-state index is 1.12. The van der Waals surface area contributed by atoms with Gasteiger partial charge in [0.2, 0.25) is 0 Å². The average Bonchev–Trinajstić information content (AvgIpc) is 2.84. The van der Waals surface area contributed by atoms with E-state index in [0.29, 0.717) is 0 Å². The van der Waals surface area contributed by atoms with Crippen molar-refractivity contribution < 1.29 is 0 Å². The lowest BCUT2D eigenvalue weighted by Crippen LogP contribution is -2.44. The Morgan fingerprint density at radius 2 is 1.95 bits per heavy atom. The van der Waals surface area contributed by atoms with Gasteiger partial charge in [-0.3, -0.25) is 0 Å². The largest absolute Gasteiger partial charge is 0.347 e. The quantitative estimate of drug-likeness (QED) is 0.911. The van der Waals surface area contributed by atoms with Gasteiger partial charge in [-0.05, 0) is 37.0 Å². The zero-order chi connectivity index (χ0) is 14.7. The Hall–Kier alpha value is -1.32. The SMILES string of the molecule is CCCn1cc(CCN2CCNCC2)c2ccc(C)cc21. The van der Waals surface area contributed by atoms with E-state index in [9.17, 15) is 0 Å². The van der Waals surface area contributed by atoms with Gasteiger partial charge in [-0.1, -0.05) is 19.1 Å². The van der Waals surface area contributed by atoms with Gasteiger partial charge in [-0.15, -0.1) is 0 Å². The summed E-state index contributed by atoms with van der Waals surface area (Å²) in [6.07, 6.45) is 4.74. The second kappa shape index (κ2) is 6.63. The molecule has 3 rings (SSSR count). The third-order valence-electron chi connectivity index (χ3n) is 4.49. The number of benzene rings is 1. The lowest BCUT2D eigenvalue weighted by Gasteiger charge is -2.26. The summed E-state index contributed by atoms with van der Waals surface area (Å²) in [4.78, 5) is 2.58. The Morgan fingerprint density at radius 1 is 1.14 bits per heavy atom. The van der Waals surface area contributed by atoms with E-state index in [1.54, 1.807) is 0 Å². The van der Waals surface area contributed by atoms with Crippen LogP contribution in [0.2, 0.25) is 0 Å². The van der Waals surface area contributed by atoms with Crippen LogP contribution in [0.25, 0.3) is 10.9 Å². The first-order valence-corrected chi connectivity index (χ1v) is 8.29. The third-order valence-corrected chi connectivity index (χ3v) is 4.49. The minimum absolute atomic E-state index is 1.12. The van der Waals surface area contributed by atoms with Crippen LogP contribution in [-0.4, -0.2) is 42.2 Å². The monoisotopic (exact) mass is 285 g/mol. The summed E-state index contributed by atoms with van der Waals surface area (Å²) in [6, 6.07) is 6.89. The number of nitrogens with one attached hydrogen (secondary N) is 1. The second-order valence-corrected chi connectivity index (χ2v) is 6.21. The van der Waals surface area contributed by atoms with Crippen molar-refractivity contribution in [1.82, 2.24) is 14.8 Å². The molecule has 3 nitrogen and oxygen atoms in total. The number of aromatic nitrogens is 1. The molecule has 1 N–H and O–H groups in total. The summed E-state index contributed by atoms with van der Waals surface area (Å²) in [5, 5.41) is 4.87. The number of aryl methyl sites for hydroxylation is 2. The molecule has 2 heterocycles. The van der Waals surface area contributed by atoms with Gasteiger partial charge >= 0.3 is 0 Å². The maximum absolute atomic E-state index is 3.42. The summed E-state index contributed by atoms with van der Waals surface area (Å²) in [6.45, 7) is 11.4. The Balaban J connectivity index is 1.80. The molecule has 0 radical (unpaired) electrons. The molecular formula is C18H27N3. The number of piperazine rings is 1. The van der Waals surface area contributed by atoms with E-state index in [4.69, 9.17) is 0 Å². The van der Waals surface area contributed by atoms with Crippen LogP contribution in [0.5, 0.6) is 0 Å². The zero-order valence-corrected chi connectivity index (χ0v) is 13.4. The Kier molecular flexibility index (Phi) is 4.61. The molecule has 1 fully saturated rings. The van der Waals surface area contributed by atoms with Crippen LogP contribution in [0, 0.1) is 6.92 Å². The minimum Gasteiger partial charge on any atom is -0.347 e. The molecule has 0 spiro atoms. The van der Waals surface area contributed by atoms with E-state index in [1.807, 2.05) is 0 Å². The molecule has 1 saturated heterocycles. The Bertz CT molecular complexity index is 594. The predicted molar refractivity (Wildman–Crippen MR) is 90.0 cm³/mol. The number of fused-ring (bicyclic) bond motifs is 1. The van der Waals surface area contributed by atoms with Gasteiger partial charge in [0, 0.05) is 56.4 Å². The van der Waals surface area contributed by atoms with Crippen molar-refractivity contribution in [3.63, 3.8) is 0 Å². The van der Waals surface area contributed by atoms with E-state index in [0.717, 1.165) is 26.1 Å². The van der Waals surface area contributed by atoms with E-state index >= 15 is 0 Å². The molecule has 2 aromatic rings. The molecule has 0 atom stereocenters. The standard InChI is InChI=1S/C18H27N3/c1-3-9-21-14-16(6-10-20-11-7-19-8-12-20)17-5-4-15(2)13-18(17)21/h4-5,13-14,19H,3,6-12H2,1-2H3. The molecule has 0 unspecified atom stereocenters. The third kappa shape index (κ3) is 3.30. The fourth-order valence-corrected chi connectivity index (χ4v) is 3.32. The molecule has 114 valence electrons. The first kappa shape index (κ1) is 14.6. The van der Waals surface area contributed by atoms with Crippen molar-refractivity contribution in [2.75, 3.05) is 32.7 Å². The van der Waals surface area contributed by atoms with E-state index in [2.05, 4.69) is 53.0 Å². The fourth-order valence-electron chi connectivity index (χ4n) is 3.32. The average molecular weight is 285 g/mol. The highest BCUT2D eigenvalue weighted by Gasteiger charge is 2.12. The summed E-state index contributed by atoms with van der Waals surface area (Å²) in [5.41, 5.74) is 4.27.